The summed E-state index contributed by atoms with van der Waals surface area (Å²) in [4.78, 5) is 0. The number of halogens is 1. The lowest BCUT2D eigenvalue weighted by molar-refractivity contribution is 0.414. The third-order valence-corrected chi connectivity index (χ3v) is 3.14. The molecule has 0 aliphatic heterocycles. The number of methoxy groups -OCH3 is 1. The summed E-state index contributed by atoms with van der Waals surface area (Å²) in [5.74, 6) is 0.654. The molecule has 100 valence electrons. The zero-order valence-electron chi connectivity index (χ0n) is 11.2. The van der Waals surface area contributed by atoms with E-state index in [0.29, 0.717) is 6.54 Å². The molecule has 0 amide bonds. The zero-order valence-corrected chi connectivity index (χ0v) is 11.2. The third kappa shape index (κ3) is 3.80. The van der Waals surface area contributed by atoms with E-state index in [-0.39, 0.29) is 11.9 Å². The summed E-state index contributed by atoms with van der Waals surface area (Å²) < 4.78 is 17.9. The van der Waals surface area contributed by atoms with Gasteiger partial charge in [0.2, 0.25) is 0 Å². The predicted octanol–water partition coefficient (Wildman–Crippen LogP) is 3.69. The molecule has 0 saturated heterocycles. The normalized spacial score (nSPS) is 12.2. The topological polar surface area (TPSA) is 21.3 Å². The number of benzene rings is 2. The Labute approximate surface area is 113 Å². The van der Waals surface area contributed by atoms with Crippen LogP contribution in [0.5, 0.6) is 5.75 Å². The van der Waals surface area contributed by atoms with Crippen molar-refractivity contribution >= 4 is 0 Å². The molecule has 0 aromatic heterocycles. The molecule has 0 saturated carbocycles. The lowest BCUT2D eigenvalue weighted by Gasteiger charge is -2.14. The van der Waals surface area contributed by atoms with E-state index in [2.05, 4.69) is 12.2 Å². The Morgan fingerprint density at radius 2 is 1.68 bits per heavy atom. The molecule has 0 aliphatic rings. The minimum atomic E-state index is -0.202. The van der Waals surface area contributed by atoms with Gasteiger partial charge in [-0.25, -0.2) is 4.39 Å². The molecule has 0 bridgehead atoms. The molecule has 0 aliphatic carbocycles. The maximum atomic E-state index is 12.8. The van der Waals surface area contributed by atoms with Gasteiger partial charge in [-0.1, -0.05) is 24.3 Å². The van der Waals surface area contributed by atoms with Gasteiger partial charge in [-0.15, -0.1) is 0 Å². The first-order chi connectivity index (χ1) is 9.19. The molecule has 19 heavy (non-hydrogen) atoms. The fourth-order valence-corrected chi connectivity index (χ4v) is 1.88. The maximum Gasteiger partial charge on any atom is 0.123 e. The summed E-state index contributed by atoms with van der Waals surface area (Å²) in [5.41, 5.74) is 2.27. The molecule has 1 atom stereocenters. The Balaban J connectivity index is 1.93. The highest BCUT2D eigenvalue weighted by Crippen LogP contribution is 2.17. The molecule has 2 aromatic carbocycles. The Bertz CT molecular complexity index is 507. The lowest BCUT2D eigenvalue weighted by Crippen LogP contribution is -2.17. The van der Waals surface area contributed by atoms with Crippen molar-refractivity contribution < 1.29 is 9.13 Å². The van der Waals surface area contributed by atoms with E-state index in [0.717, 1.165) is 11.3 Å². The van der Waals surface area contributed by atoms with Crippen molar-refractivity contribution in [2.24, 2.45) is 0 Å². The SMILES string of the molecule is COc1ccc(C(C)NCc2ccc(F)cc2)cc1. The van der Waals surface area contributed by atoms with Gasteiger partial charge in [0.05, 0.1) is 7.11 Å². The second-order valence-electron chi connectivity index (χ2n) is 4.50. The zero-order chi connectivity index (χ0) is 13.7. The van der Waals surface area contributed by atoms with E-state index in [9.17, 15) is 4.39 Å². The average Bonchev–Trinajstić information content (AvgIpc) is 2.46. The van der Waals surface area contributed by atoms with Crippen LogP contribution >= 0.6 is 0 Å². The van der Waals surface area contributed by atoms with E-state index in [4.69, 9.17) is 4.74 Å². The molecule has 3 heteroatoms. The molecule has 2 rings (SSSR count). The van der Waals surface area contributed by atoms with Crippen LogP contribution in [0, 0.1) is 5.82 Å². The van der Waals surface area contributed by atoms with Crippen molar-refractivity contribution in [3.05, 3.63) is 65.5 Å². The molecule has 1 unspecified atom stereocenters. The highest BCUT2D eigenvalue weighted by molar-refractivity contribution is 5.29. The van der Waals surface area contributed by atoms with Gasteiger partial charge in [-0.05, 0) is 42.3 Å². The van der Waals surface area contributed by atoms with Crippen molar-refractivity contribution in [1.29, 1.82) is 0 Å². The van der Waals surface area contributed by atoms with Crippen LogP contribution in [0.3, 0.4) is 0 Å². The van der Waals surface area contributed by atoms with Crippen LogP contribution in [-0.4, -0.2) is 7.11 Å². The summed E-state index contributed by atoms with van der Waals surface area (Å²) in [7, 11) is 1.66. The van der Waals surface area contributed by atoms with Crippen LogP contribution in [0.4, 0.5) is 4.39 Å². The Morgan fingerprint density at radius 3 is 2.26 bits per heavy atom. The molecule has 0 radical (unpaired) electrons. The summed E-state index contributed by atoms with van der Waals surface area (Å²) in [6.45, 7) is 2.82. The quantitative estimate of drug-likeness (QED) is 0.884. The van der Waals surface area contributed by atoms with Gasteiger partial charge in [-0.2, -0.15) is 0 Å². The van der Waals surface area contributed by atoms with Crippen molar-refractivity contribution in [1.82, 2.24) is 5.32 Å². The van der Waals surface area contributed by atoms with Gasteiger partial charge in [-0.3, -0.25) is 0 Å². The lowest BCUT2D eigenvalue weighted by atomic mass is 10.1. The molecular weight excluding hydrogens is 241 g/mol. The highest BCUT2D eigenvalue weighted by Gasteiger charge is 2.05. The van der Waals surface area contributed by atoms with Gasteiger partial charge in [0.15, 0.2) is 0 Å². The van der Waals surface area contributed by atoms with Crippen molar-refractivity contribution in [3.63, 3.8) is 0 Å². The first kappa shape index (κ1) is 13.6. The molecule has 2 nitrogen and oxygen atoms in total. The molecule has 1 N–H and O–H groups in total. The average molecular weight is 259 g/mol. The monoisotopic (exact) mass is 259 g/mol. The second kappa shape index (κ2) is 6.34. The maximum absolute atomic E-state index is 12.8. The van der Waals surface area contributed by atoms with Gasteiger partial charge in [0, 0.05) is 12.6 Å². The first-order valence-electron chi connectivity index (χ1n) is 6.31. The van der Waals surface area contributed by atoms with Crippen LogP contribution in [0.2, 0.25) is 0 Å². The highest BCUT2D eigenvalue weighted by atomic mass is 19.1. The van der Waals surface area contributed by atoms with E-state index in [1.165, 1.54) is 17.7 Å². The fraction of sp³-hybridized carbons (Fsp3) is 0.250. The number of rotatable bonds is 5. The second-order valence-corrected chi connectivity index (χ2v) is 4.50. The van der Waals surface area contributed by atoms with Crippen molar-refractivity contribution in [3.8, 4) is 5.75 Å². The Kier molecular flexibility index (Phi) is 4.53. The first-order valence-corrected chi connectivity index (χ1v) is 6.31. The minimum Gasteiger partial charge on any atom is -0.497 e. The standard InChI is InChI=1S/C16H18FNO/c1-12(14-5-9-16(19-2)10-6-14)18-11-13-3-7-15(17)8-4-13/h3-10,12,18H,11H2,1-2H3. The largest absolute Gasteiger partial charge is 0.497 e. The summed E-state index contributed by atoms with van der Waals surface area (Å²) in [5, 5.41) is 3.41. The molecule has 0 spiro atoms. The fourth-order valence-electron chi connectivity index (χ4n) is 1.88. The van der Waals surface area contributed by atoms with E-state index >= 15 is 0 Å². The van der Waals surface area contributed by atoms with Crippen LogP contribution in [0.1, 0.15) is 24.1 Å². The predicted molar refractivity (Wildman–Crippen MR) is 74.6 cm³/mol. The van der Waals surface area contributed by atoms with Crippen molar-refractivity contribution in [2.45, 2.75) is 19.5 Å². The summed E-state index contributed by atoms with van der Waals surface area (Å²) in [6, 6.07) is 14.8. The summed E-state index contributed by atoms with van der Waals surface area (Å²) in [6.07, 6.45) is 0. The Morgan fingerprint density at radius 1 is 1.05 bits per heavy atom. The van der Waals surface area contributed by atoms with Gasteiger partial charge in [0.25, 0.3) is 0 Å². The van der Waals surface area contributed by atoms with E-state index in [1.807, 2.05) is 24.3 Å². The Hall–Kier alpha value is -1.87. The van der Waals surface area contributed by atoms with Gasteiger partial charge in [0.1, 0.15) is 11.6 Å². The molecule has 2 aromatic rings. The van der Waals surface area contributed by atoms with E-state index < -0.39 is 0 Å². The summed E-state index contributed by atoms with van der Waals surface area (Å²) >= 11 is 0. The van der Waals surface area contributed by atoms with E-state index in [1.54, 1.807) is 19.2 Å². The van der Waals surface area contributed by atoms with Crippen LogP contribution in [0.25, 0.3) is 0 Å². The number of hydrogen-bond acceptors (Lipinski definition) is 2. The van der Waals surface area contributed by atoms with Gasteiger partial charge >= 0.3 is 0 Å². The van der Waals surface area contributed by atoms with Gasteiger partial charge < -0.3 is 10.1 Å². The minimum absolute atomic E-state index is 0.202. The van der Waals surface area contributed by atoms with Crippen LogP contribution < -0.4 is 10.1 Å². The number of ether oxygens (including phenoxy) is 1. The number of nitrogens with one attached hydrogen (secondary N) is 1. The molecular formula is C16H18FNO. The molecule has 0 heterocycles. The number of hydrogen-bond donors (Lipinski definition) is 1. The van der Waals surface area contributed by atoms with Crippen LogP contribution in [0.15, 0.2) is 48.5 Å². The molecule has 0 fully saturated rings. The van der Waals surface area contributed by atoms with Crippen molar-refractivity contribution in [2.75, 3.05) is 7.11 Å². The van der Waals surface area contributed by atoms with Crippen LogP contribution in [-0.2, 0) is 6.54 Å². The third-order valence-electron chi connectivity index (χ3n) is 3.14. The smallest absolute Gasteiger partial charge is 0.123 e.